The molecule has 3 rings (SSSR count). The van der Waals surface area contributed by atoms with Crippen LogP contribution in [-0.4, -0.2) is 59.9 Å². The predicted molar refractivity (Wildman–Crippen MR) is 135 cm³/mol. The highest BCUT2D eigenvalue weighted by atomic mass is 32.2. The number of benzene rings is 2. The first-order valence-corrected chi connectivity index (χ1v) is 12.7. The van der Waals surface area contributed by atoms with E-state index in [0.29, 0.717) is 40.2 Å². The molecule has 0 aliphatic carbocycles. The topological polar surface area (TPSA) is 89.0 Å². The van der Waals surface area contributed by atoms with Crippen LogP contribution in [-0.2, 0) is 6.42 Å². The summed E-state index contributed by atoms with van der Waals surface area (Å²) in [5.41, 5.74) is 2.62. The average Bonchev–Trinajstić information content (AvgIpc) is 3.33. The molecule has 2 aromatic carbocycles. The number of rotatable bonds is 12. The van der Waals surface area contributed by atoms with Crippen LogP contribution in [0.2, 0.25) is 0 Å². The van der Waals surface area contributed by atoms with Crippen LogP contribution in [0.15, 0.2) is 52.2 Å². The molecule has 1 aromatic heterocycles. The van der Waals surface area contributed by atoms with Crippen molar-refractivity contribution in [3.05, 3.63) is 70.2 Å². The van der Waals surface area contributed by atoms with E-state index in [1.54, 1.807) is 26.4 Å². The first kappa shape index (κ1) is 25.6. The summed E-state index contributed by atoms with van der Waals surface area (Å²) in [6.45, 7) is 2.98. The second kappa shape index (κ2) is 12.4. The van der Waals surface area contributed by atoms with Gasteiger partial charge in [0.25, 0.3) is 5.91 Å². The molecule has 3 aromatic rings. The Bertz CT molecular complexity index is 1090. The van der Waals surface area contributed by atoms with Gasteiger partial charge in [0.05, 0.1) is 14.2 Å². The second-order valence-electron chi connectivity index (χ2n) is 7.54. The highest BCUT2D eigenvalue weighted by Gasteiger charge is 2.20. The number of carboxylic acid groups (broad SMARTS) is 1. The fourth-order valence-electron chi connectivity index (χ4n) is 3.49. The Morgan fingerprint density at radius 1 is 1.09 bits per heavy atom. The summed E-state index contributed by atoms with van der Waals surface area (Å²) in [6, 6.07) is 13.7. The van der Waals surface area contributed by atoms with Crippen LogP contribution in [0, 0.1) is 6.92 Å². The van der Waals surface area contributed by atoms with Crippen LogP contribution in [0.3, 0.4) is 0 Å². The lowest BCUT2D eigenvalue weighted by Crippen LogP contribution is -2.34. The first-order chi connectivity index (χ1) is 16.4. The second-order valence-corrected chi connectivity index (χ2v) is 9.74. The molecule has 1 amide bonds. The maximum Gasteiger partial charge on any atom is 0.355 e. The van der Waals surface area contributed by atoms with Gasteiger partial charge in [-0.05, 0) is 37.5 Å². The maximum atomic E-state index is 13.5. The number of aryl methyl sites for hydroxylation is 1. The monoisotopic (exact) mass is 500 g/mol. The lowest BCUT2D eigenvalue weighted by molar-refractivity contribution is 0.0690. The highest BCUT2D eigenvalue weighted by Crippen LogP contribution is 2.30. The Morgan fingerprint density at radius 2 is 1.76 bits per heavy atom. The standard InChI is InChI=1S/C25H28N2O5S2/c1-17-21(31-2)14-19(15-22(17)32-3)23(28)27(11-7-10-18-8-5-4-6-9-18)12-13-33-25-26-20(16-34-25)24(29)30/h4-6,8-9,14-16H,7,10-13H2,1-3H3,(H,29,30). The van der Waals surface area contributed by atoms with Crippen LogP contribution in [0.25, 0.3) is 0 Å². The molecule has 34 heavy (non-hydrogen) atoms. The molecule has 0 saturated heterocycles. The number of methoxy groups -OCH3 is 2. The van der Waals surface area contributed by atoms with Crippen LogP contribution >= 0.6 is 23.1 Å². The zero-order valence-electron chi connectivity index (χ0n) is 19.4. The Balaban J connectivity index is 1.72. The molecule has 0 fully saturated rings. The van der Waals surface area contributed by atoms with Crippen LogP contribution in [0.5, 0.6) is 11.5 Å². The number of ether oxygens (including phenoxy) is 2. The number of carbonyl (C=O) groups excluding carboxylic acids is 1. The lowest BCUT2D eigenvalue weighted by atomic mass is 10.1. The molecular formula is C25H28N2O5S2. The number of nitrogens with zero attached hydrogens (tertiary/aromatic N) is 2. The van der Waals surface area contributed by atoms with Crippen molar-refractivity contribution in [2.75, 3.05) is 33.1 Å². The molecule has 0 spiro atoms. The molecular weight excluding hydrogens is 472 g/mol. The van der Waals surface area contributed by atoms with Crippen molar-refractivity contribution in [3.63, 3.8) is 0 Å². The number of thioether (sulfide) groups is 1. The molecule has 180 valence electrons. The number of aromatic nitrogens is 1. The summed E-state index contributed by atoms with van der Waals surface area (Å²) in [7, 11) is 3.15. The van der Waals surface area contributed by atoms with E-state index in [4.69, 9.17) is 14.6 Å². The van der Waals surface area contributed by atoms with E-state index in [0.717, 1.165) is 18.4 Å². The van der Waals surface area contributed by atoms with Gasteiger partial charge in [-0.15, -0.1) is 11.3 Å². The average molecular weight is 501 g/mol. The zero-order chi connectivity index (χ0) is 24.5. The van der Waals surface area contributed by atoms with Gasteiger partial charge in [-0.2, -0.15) is 0 Å². The Labute approximate surface area is 207 Å². The molecule has 7 nitrogen and oxygen atoms in total. The fraction of sp³-hybridized carbons (Fsp3) is 0.320. The van der Waals surface area contributed by atoms with Gasteiger partial charge in [0, 0.05) is 35.3 Å². The minimum absolute atomic E-state index is 0.0436. The van der Waals surface area contributed by atoms with Gasteiger partial charge in [-0.1, -0.05) is 42.1 Å². The Hall–Kier alpha value is -3.04. The number of hydrogen-bond donors (Lipinski definition) is 1. The molecule has 0 aliphatic heterocycles. The molecule has 0 radical (unpaired) electrons. The summed E-state index contributed by atoms with van der Waals surface area (Å²) >= 11 is 2.74. The first-order valence-electron chi connectivity index (χ1n) is 10.8. The summed E-state index contributed by atoms with van der Waals surface area (Å²) in [5.74, 6) is 0.665. The minimum atomic E-state index is -1.04. The van der Waals surface area contributed by atoms with Crippen molar-refractivity contribution < 1.29 is 24.2 Å². The van der Waals surface area contributed by atoms with Gasteiger partial charge >= 0.3 is 5.97 Å². The number of carbonyl (C=O) groups is 2. The molecule has 0 bridgehead atoms. The largest absolute Gasteiger partial charge is 0.496 e. The third-order valence-electron chi connectivity index (χ3n) is 5.31. The summed E-state index contributed by atoms with van der Waals surface area (Å²) in [4.78, 5) is 30.5. The summed E-state index contributed by atoms with van der Waals surface area (Å²) in [5, 5.41) is 10.6. The third kappa shape index (κ3) is 6.74. The summed E-state index contributed by atoms with van der Waals surface area (Å²) in [6.07, 6.45) is 1.69. The highest BCUT2D eigenvalue weighted by molar-refractivity contribution is 8.01. The van der Waals surface area contributed by atoms with E-state index in [2.05, 4.69) is 17.1 Å². The lowest BCUT2D eigenvalue weighted by Gasteiger charge is -2.23. The number of amides is 1. The minimum Gasteiger partial charge on any atom is -0.496 e. The van der Waals surface area contributed by atoms with Crippen molar-refractivity contribution in [1.29, 1.82) is 0 Å². The van der Waals surface area contributed by atoms with Crippen LogP contribution in [0.1, 0.15) is 38.4 Å². The van der Waals surface area contributed by atoms with E-state index >= 15 is 0 Å². The zero-order valence-corrected chi connectivity index (χ0v) is 21.1. The van der Waals surface area contributed by atoms with Crippen LogP contribution in [0.4, 0.5) is 0 Å². The SMILES string of the molecule is COc1cc(C(=O)N(CCCc2ccccc2)CCSc2nc(C(=O)O)cs2)cc(OC)c1C. The predicted octanol–water partition coefficient (Wildman–Crippen LogP) is 5.03. The smallest absolute Gasteiger partial charge is 0.355 e. The van der Waals surface area contributed by atoms with Crippen molar-refractivity contribution in [2.24, 2.45) is 0 Å². The Kier molecular flexibility index (Phi) is 9.35. The maximum absolute atomic E-state index is 13.5. The van der Waals surface area contributed by atoms with E-state index in [9.17, 15) is 9.59 Å². The molecule has 0 aliphatic rings. The van der Waals surface area contributed by atoms with E-state index in [1.807, 2.05) is 30.0 Å². The molecule has 1 N–H and O–H groups in total. The molecule has 9 heteroatoms. The fourth-order valence-corrected chi connectivity index (χ4v) is 5.32. The summed E-state index contributed by atoms with van der Waals surface area (Å²) < 4.78 is 11.6. The van der Waals surface area contributed by atoms with Crippen molar-refractivity contribution >= 4 is 35.0 Å². The number of thiazole rings is 1. The number of carboxylic acids is 1. The molecule has 0 saturated carbocycles. The van der Waals surface area contributed by atoms with Crippen molar-refractivity contribution in [1.82, 2.24) is 9.88 Å². The van der Waals surface area contributed by atoms with Gasteiger partial charge < -0.3 is 19.5 Å². The van der Waals surface area contributed by atoms with Crippen LogP contribution < -0.4 is 9.47 Å². The van der Waals surface area contributed by atoms with Crippen molar-refractivity contribution in [2.45, 2.75) is 24.1 Å². The van der Waals surface area contributed by atoms with E-state index in [-0.39, 0.29) is 11.6 Å². The Morgan fingerprint density at radius 3 is 2.35 bits per heavy atom. The van der Waals surface area contributed by atoms with E-state index in [1.165, 1.54) is 34.0 Å². The van der Waals surface area contributed by atoms with Crippen molar-refractivity contribution in [3.8, 4) is 11.5 Å². The van der Waals surface area contributed by atoms with Gasteiger partial charge in [-0.25, -0.2) is 9.78 Å². The van der Waals surface area contributed by atoms with Gasteiger partial charge in [0.2, 0.25) is 0 Å². The number of aromatic carboxylic acids is 1. The molecule has 0 unspecified atom stereocenters. The quantitative estimate of drug-likeness (QED) is 0.349. The van der Waals surface area contributed by atoms with Gasteiger partial charge in [0.15, 0.2) is 10.0 Å². The third-order valence-corrected chi connectivity index (χ3v) is 7.31. The molecule has 1 heterocycles. The van der Waals surface area contributed by atoms with E-state index < -0.39 is 5.97 Å². The van der Waals surface area contributed by atoms with Gasteiger partial charge in [-0.3, -0.25) is 4.79 Å². The normalized spacial score (nSPS) is 10.7. The number of hydrogen-bond acceptors (Lipinski definition) is 7. The molecule has 0 atom stereocenters. The van der Waals surface area contributed by atoms with Gasteiger partial charge in [0.1, 0.15) is 11.5 Å².